The molecule has 0 bridgehead atoms. The first-order valence-corrected chi connectivity index (χ1v) is 7.36. The second kappa shape index (κ2) is 8.61. The van der Waals surface area contributed by atoms with Gasteiger partial charge in [0.05, 0.1) is 11.4 Å². The van der Waals surface area contributed by atoms with Crippen LogP contribution in [0.1, 0.15) is 11.5 Å². The number of halogens is 3. The highest BCUT2D eigenvalue weighted by atomic mass is 32.2. The summed E-state index contributed by atoms with van der Waals surface area (Å²) in [6.07, 6.45) is -3.15. The van der Waals surface area contributed by atoms with Crippen molar-refractivity contribution >= 4 is 17.6 Å². The maximum Gasteiger partial charge on any atom is 0.408 e. The number of hydrogen-bond donors (Lipinski definition) is 1. The second-order valence-electron chi connectivity index (χ2n) is 4.21. The molecule has 1 aromatic rings. The highest BCUT2D eigenvalue weighted by molar-refractivity contribution is 7.98. The number of oxazole rings is 1. The molecule has 0 aliphatic rings. The summed E-state index contributed by atoms with van der Waals surface area (Å²) in [5.41, 5.74) is 0.779. The minimum atomic E-state index is -4.48. The van der Waals surface area contributed by atoms with Crippen LogP contribution < -0.4 is 5.32 Å². The highest BCUT2D eigenvalue weighted by Gasteiger charge is 2.27. The number of hydrogen-bond acceptors (Lipinski definition) is 6. The molecule has 0 saturated carbocycles. The van der Waals surface area contributed by atoms with E-state index in [1.54, 1.807) is 6.92 Å². The van der Waals surface area contributed by atoms with E-state index in [1.807, 2.05) is 0 Å². The standard InChI is InChI=1S/C11H15F3N4O3S/c1-8-9(21-7-17-8)5-22-3-2-15-10(4-18(19)20)16-6-11(12,13)14/h7H,2-6H2,1H3,(H,15,16). The Morgan fingerprint density at radius 2 is 2.32 bits per heavy atom. The Bertz CT molecular complexity index is 519. The van der Waals surface area contributed by atoms with E-state index < -0.39 is 24.2 Å². The van der Waals surface area contributed by atoms with Crippen LogP contribution in [0.15, 0.2) is 15.8 Å². The minimum absolute atomic E-state index is 0.266. The largest absolute Gasteiger partial charge is 0.447 e. The normalized spacial score (nSPS) is 12.5. The molecular formula is C11H15F3N4O3S. The topological polar surface area (TPSA) is 93.6 Å². The summed E-state index contributed by atoms with van der Waals surface area (Å²) in [4.78, 5) is 16.8. The summed E-state index contributed by atoms with van der Waals surface area (Å²) in [6.45, 7) is -0.130. The first kappa shape index (κ1) is 18.3. The maximum atomic E-state index is 12.1. The molecule has 0 spiro atoms. The zero-order valence-electron chi connectivity index (χ0n) is 11.7. The number of thioether (sulfide) groups is 1. The molecule has 0 atom stereocenters. The zero-order chi connectivity index (χ0) is 16.6. The molecule has 22 heavy (non-hydrogen) atoms. The van der Waals surface area contributed by atoms with Gasteiger partial charge < -0.3 is 9.73 Å². The van der Waals surface area contributed by atoms with Crippen LogP contribution in [0.3, 0.4) is 0 Å². The van der Waals surface area contributed by atoms with Crippen molar-refractivity contribution in [3.63, 3.8) is 0 Å². The van der Waals surface area contributed by atoms with E-state index in [-0.39, 0.29) is 12.4 Å². The molecule has 0 aliphatic heterocycles. The van der Waals surface area contributed by atoms with Gasteiger partial charge in [0.15, 0.2) is 12.2 Å². The molecular weight excluding hydrogens is 325 g/mol. The lowest BCUT2D eigenvalue weighted by molar-refractivity contribution is -0.463. The van der Waals surface area contributed by atoms with Crippen molar-refractivity contribution < 1.29 is 22.5 Å². The van der Waals surface area contributed by atoms with Crippen LogP contribution in [0.25, 0.3) is 0 Å². The van der Waals surface area contributed by atoms with Crippen molar-refractivity contribution in [3.8, 4) is 0 Å². The quantitative estimate of drug-likeness (QED) is 0.256. The van der Waals surface area contributed by atoms with E-state index in [9.17, 15) is 23.3 Å². The number of aryl methyl sites for hydroxylation is 1. The lowest BCUT2D eigenvalue weighted by atomic mass is 10.4. The van der Waals surface area contributed by atoms with E-state index in [0.717, 1.165) is 11.5 Å². The highest BCUT2D eigenvalue weighted by Crippen LogP contribution is 2.15. The summed E-state index contributed by atoms with van der Waals surface area (Å²) < 4.78 is 41.3. The smallest absolute Gasteiger partial charge is 0.408 e. The number of aliphatic imine (C=N–C) groups is 1. The molecule has 0 aliphatic carbocycles. The van der Waals surface area contributed by atoms with Gasteiger partial charge in [-0.3, -0.25) is 15.1 Å². The maximum absolute atomic E-state index is 12.1. The second-order valence-corrected chi connectivity index (χ2v) is 5.31. The molecule has 0 fully saturated rings. The van der Waals surface area contributed by atoms with Crippen molar-refractivity contribution in [2.24, 2.45) is 4.99 Å². The number of nitrogens with one attached hydrogen (secondary N) is 1. The summed E-state index contributed by atoms with van der Waals surface area (Å²) in [6, 6.07) is 0. The average Bonchev–Trinajstić information content (AvgIpc) is 2.79. The summed E-state index contributed by atoms with van der Waals surface area (Å²) in [5, 5.41) is 13.0. The molecule has 1 heterocycles. The molecule has 0 saturated heterocycles. The number of alkyl halides is 3. The Hall–Kier alpha value is -1.78. The molecule has 0 aromatic carbocycles. The zero-order valence-corrected chi connectivity index (χ0v) is 12.5. The monoisotopic (exact) mass is 340 g/mol. The summed E-state index contributed by atoms with van der Waals surface area (Å²) >= 11 is 1.47. The Kier molecular flexibility index (Phi) is 7.15. The Morgan fingerprint density at radius 1 is 1.59 bits per heavy atom. The van der Waals surface area contributed by atoms with Crippen LogP contribution in [0.5, 0.6) is 0 Å². The molecule has 124 valence electrons. The minimum Gasteiger partial charge on any atom is -0.447 e. The third kappa shape index (κ3) is 7.86. The van der Waals surface area contributed by atoms with Gasteiger partial charge in [0.25, 0.3) is 6.54 Å². The van der Waals surface area contributed by atoms with Crippen molar-refractivity contribution in [1.29, 1.82) is 0 Å². The van der Waals surface area contributed by atoms with Crippen LogP contribution in [-0.2, 0) is 5.75 Å². The van der Waals surface area contributed by atoms with E-state index >= 15 is 0 Å². The molecule has 1 rings (SSSR count). The summed E-state index contributed by atoms with van der Waals surface area (Å²) in [7, 11) is 0. The molecule has 1 aromatic heterocycles. The number of amidine groups is 1. The molecule has 0 unspecified atom stereocenters. The van der Waals surface area contributed by atoms with Crippen LogP contribution in [-0.4, -0.2) is 47.3 Å². The third-order valence-corrected chi connectivity index (χ3v) is 3.34. The van der Waals surface area contributed by atoms with Crippen molar-refractivity contribution in [3.05, 3.63) is 28.0 Å². The fourth-order valence-corrected chi connectivity index (χ4v) is 2.22. The SMILES string of the molecule is Cc1ncoc1CSCCNC(C[N+](=O)[O-])=NCC(F)(F)F. The van der Waals surface area contributed by atoms with Crippen LogP contribution in [0, 0.1) is 17.0 Å². The van der Waals surface area contributed by atoms with Gasteiger partial charge in [-0.1, -0.05) is 0 Å². The van der Waals surface area contributed by atoms with Crippen LogP contribution >= 0.6 is 11.8 Å². The summed E-state index contributed by atoms with van der Waals surface area (Å²) in [5.74, 6) is 1.54. The Morgan fingerprint density at radius 3 is 2.86 bits per heavy atom. The molecule has 11 heteroatoms. The predicted molar refractivity (Wildman–Crippen MR) is 75.6 cm³/mol. The number of nitrogens with zero attached hydrogens (tertiary/aromatic N) is 3. The van der Waals surface area contributed by atoms with E-state index in [2.05, 4.69) is 15.3 Å². The van der Waals surface area contributed by atoms with Gasteiger partial charge in [0.1, 0.15) is 12.3 Å². The molecule has 1 N–H and O–H groups in total. The fourth-order valence-electron chi connectivity index (χ4n) is 1.37. The van der Waals surface area contributed by atoms with Gasteiger partial charge in [0.2, 0.25) is 0 Å². The number of rotatable bonds is 8. The van der Waals surface area contributed by atoms with E-state index in [1.165, 1.54) is 18.2 Å². The van der Waals surface area contributed by atoms with Crippen molar-refractivity contribution in [1.82, 2.24) is 10.3 Å². The first-order valence-electron chi connectivity index (χ1n) is 6.20. The van der Waals surface area contributed by atoms with Gasteiger partial charge in [-0.05, 0) is 6.92 Å². The lowest BCUT2D eigenvalue weighted by Gasteiger charge is -2.08. The van der Waals surface area contributed by atoms with Gasteiger partial charge in [-0.25, -0.2) is 4.98 Å². The van der Waals surface area contributed by atoms with Gasteiger partial charge >= 0.3 is 6.18 Å². The fraction of sp³-hybridized carbons (Fsp3) is 0.636. The van der Waals surface area contributed by atoms with Gasteiger partial charge in [-0.15, -0.1) is 0 Å². The van der Waals surface area contributed by atoms with Crippen molar-refractivity contribution in [2.75, 3.05) is 25.4 Å². The number of aromatic nitrogens is 1. The third-order valence-electron chi connectivity index (χ3n) is 2.38. The van der Waals surface area contributed by atoms with Gasteiger partial charge in [-0.2, -0.15) is 24.9 Å². The van der Waals surface area contributed by atoms with Gasteiger partial charge in [0, 0.05) is 17.2 Å². The van der Waals surface area contributed by atoms with Crippen LogP contribution in [0.2, 0.25) is 0 Å². The molecule has 0 radical (unpaired) electrons. The molecule has 0 amide bonds. The average molecular weight is 340 g/mol. The van der Waals surface area contributed by atoms with E-state index in [4.69, 9.17) is 4.42 Å². The van der Waals surface area contributed by atoms with Crippen LogP contribution in [0.4, 0.5) is 13.2 Å². The van der Waals surface area contributed by atoms with E-state index in [0.29, 0.717) is 11.5 Å². The van der Waals surface area contributed by atoms with Crippen molar-refractivity contribution in [2.45, 2.75) is 18.9 Å². The Balaban J connectivity index is 2.33. The molecule has 7 nitrogen and oxygen atoms in total. The lowest BCUT2D eigenvalue weighted by Crippen LogP contribution is -2.33. The predicted octanol–water partition coefficient (Wildman–Crippen LogP) is 2.04. The first-order chi connectivity index (χ1) is 10.3. The Labute approximate surface area is 128 Å². The number of nitro groups is 1.